The zero-order valence-electron chi connectivity index (χ0n) is 15.0. The molecule has 6 heteroatoms. The molecule has 2 aromatic heterocycles. The summed E-state index contributed by atoms with van der Waals surface area (Å²) in [7, 11) is 1.64. The van der Waals surface area contributed by atoms with Gasteiger partial charge in [0.05, 0.1) is 12.8 Å². The molecule has 134 valence electrons. The molecule has 27 heavy (non-hydrogen) atoms. The smallest absolute Gasteiger partial charge is 0.187 e. The second kappa shape index (κ2) is 6.92. The Hall–Kier alpha value is -3.67. The van der Waals surface area contributed by atoms with E-state index in [1.165, 1.54) is 0 Å². The topological polar surface area (TPSA) is 71.5 Å². The van der Waals surface area contributed by atoms with Crippen LogP contribution in [0.2, 0.25) is 0 Å². The van der Waals surface area contributed by atoms with E-state index in [-0.39, 0.29) is 5.75 Å². The second-order valence-corrected chi connectivity index (χ2v) is 6.12. The number of phenols is 1. The third-order valence-corrected chi connectivity index (χ3v) is 4.28. The first kappa shape index (κ1) is 16.8. The van der Waals surface area contributed by atoms with Crippen molar-refractivity contribution in [2.24, 2.45) is 10.2 Å². The van der Waals surface area contributed by atoms with Crippen LogP contribution in [0.1, 0.15) is 5.56 Å². The van der Waals surface area contributed by atoms with Gasteiger partial charge in [-0.05, 0) is 55.0 Å². The molecule has 0 aliphatic rings. The van der Waals surface area contributed by atoms with Gasteiger partial charge in [0.25, 0.3) is 0 Å². The Balaban J connectivity index is 1.86. The van der Waals surface area contributed by atoms with E-state index in [0.29, 0.717) is 11.5 Å². The van der Waals surface area contributed by atoms with Crippen LogP contribution in [0.15, 0.2) is 77.1 Å². The Bertz CT molecular complexity index is 1150. The number of azo groups is 1. The number of hydrogen-bond donors (Lipinski definition) is 1. The highest BCUT2D eigenvalue weighted by atomic mass is 16.5. The van der Waals surface area contributed by atoms with Gasteiger partial charge < -0.3 is 9.84 Å². The minimum atomic E-state index is 0.207. The van der Waals surface area contributed by atoms with Crippen LogP contribution >= 0.6 is 0 Å². The van der Waals surface area contributed by atoms with Crippen molar-refractivity contribution in [2.75, 3.05) is 7.11 Å². The molecule has 0 spiro atoms. The number of pyridine rings is 1. The number of benzene rings is 2. The molecule has 0 saturated carbocycles. The van der Waals surface area contributed by atoms with Gasteiger partial charge in [-0.3, -0.25) is 4.40 Å². The highest BCUT2D eigenvalue weighted by Crippen LogP contribution is 2.34. The second-order valence-electron chi connectivity index (χ2n) is 6.12. The van der Waals surface area contributed by atoms with Crippen molar-refractivity contribution in [3.8, 4) is 22.8 Å². The van der Waals surface area contributed by atoms with Crippen LogP contribution in [0.4, 0.5) is 11.5 Å². The highest BCUT2D eigenvalue weighted by molar-refractivity contribution is 5.75. The summed E-state index contributed by atoms with van der Waals surface area (Å²) in [5, 5.41) is 18.5. The van der Waals surface area contributed by atoms with E-state index in [0.717, 1.165) is 28.2 Å². The van der Waals surface area contributed by atoms with E-state index in [1.54, 1.807) is 25.3 Å². The van der Waals surface area contributed by atoms with E-state index in [1.807, 2.05) is 60.0 Å². The first-order chi connectivity index (χ1) is 13.2. The number of aryl methyl sites for hydroxylation is 1. The lowest BCUT2D eigenvalue weighted by Crippen LogP contribution is -1.84. The molecule has 0 aliphatic carbocycles. The molecular weight excluding hydrogens is 340 g/mol. The van der Waals surface area contributed by atoms with E-state index in [2.05, 4.69) is 10.2 Å². The lowest BCUT2D eigenvalue weighted by Gasteiger charge is -2.03. The fourth-order valence-corrected chi connectivity index (χ4v) is 2.90. The largest absolute Gasteiger partial charge is 0.508 e. The lowest BCUT2D eigenvalue weighted by molar-refractivity contribution is 0.415. The van der Waals surface area contributed by atoms with Crippen LogP contribution < -0.4 is 4.74 Å². The predicted octanol–water partition coefficient (Wildman–Crippen LogP) is 5.44. The first-order valence-electron chi connectivity index (χ1n) is 8.48. The third-order valence-electron chi connectivity index (χ3n) is 4.28. The number of rotatable bonds is 4. The van der Waals surface area contributed by atoms with Gasteiger partial charge in [-0.25, -0.2) is 4.98 Å². The summed E-state index contributed by atoms with van der Waals surface area (Å²) < 4.78 is 7.23. The van der Waals surface area contributed by atoms with Gasteiger partial charge >= 0.3 is 0 Å². The number of hydrogen-bond acceptors (Lipinski definition) is 5. The van der Waals surface area contributed by atoms with Gasteiger partial charge in [0.1, 0.15) is 22.8 Å². The Labute approximate surface area is 156 Å². The lowest BCUT2D eigenvalue weighted by atomic mass is 10.1. The summed E-state index contributed by atoms with van der Waals surface area (Å²) in [6.07, 6.45) is 1.91. The van der Waals surface area contributed by atoms with Gasteiger partial charge in [-0.2, -0.15) is 0 Å². The molecule has 4 aromatic rings. The first-order valence-corrected chi connectivity index (χ1v) is 8.48. The maximum absolute atomic E-state index is 9.57. The Morgan fingerprint density at radius 1 is 1.00 bits per heavy atom. The number of phenolic OH excluding ortho intramolecular Hbond substituents is 1. The molecule has 0 atom stereocenters. The van der Waals surface area contributed by atoms with E-state index in [9.17, 15) is 5.11 Å². The number of nitrogens with zero attached hydrogens (tertiary/aromatic N) is 4. The molecule has 0 aliphatic heterocycles. The van der Waals surface area contributed by atoms with Crippen molar-refractivity contribution in [3.63, 3.8) is 0 Å². The fourth-order valence-electron chi connectivity index (χ4n) is 2.90. The Morgan fingerprint density at radius 2 is 1.89 bits per heavy atom. The highest BCUT2D eigenvalue weighted by Gasteiger charge is 2.14. The standard InChI is InChI=1S/C21H18N4O2/c1-14-12-16(26)9-10-18(14)23-24-21-20(15-6-5-7-17(13-15)27-2)22-19-8-3-4-11-25(19)21/h3-13,26H,1-2H3. The van der Waals surface area contributed by atoms with Crippen molar-refractivity contribution in [3.05, 3.63) is 72.4 Å². The fraction of sp³-hybridized carbons (Fsp3) is 0.0952. The Morgan fingerprint density at radius 3 is 2.70 bits per heavy atom. The average Bonchev–Trinajstić information content (AvgIpc) is 3.06. The summed E-state index contributed by atoms with van der Waals surface area (Å²) in [4.78, 5) is 4.72. The molecular formula is C21H18N4O2. The molecule has 2 heterocycles. The van der Waals surface area contributed by atoms with Gasteiger partial charge in [0, 0.05) is 11.8 Å². The maximum Gasteiger partial charge on any atom is 0.187 e. The van der Waals surface area contributed by atoms with Crippen LogP contribution in [0.5, 0.6) is 11.5 Å². The summed E-state index contributed by atoms with van der Waals surface area (Å²) in [6, 6.07) is 18.5. The van der Waals surface area contributed by atoms with Gasteiger partial charge in [0.15, 0.2) is 5.82 Å². The van der Waals surface area contributed by atoms with Gasteiger partial charge in [0.2, 0.25) is 0 Å². The maximum atomic E-state index is 9.57. The molecule has 2 aromatic carbocycles. The van der Waals surface area contributed by atoms with Gasteiger partial charge in [-0.15, -0.1) is 10.2 Å². The number of imidazole rings is 1. The summed E-state index contributed by atoms with van der Waals surface area (Å²) in [5.41, 5.74) is 3.94. The van der Waals surface area contributed by atoms with Crippen molar-refractivity contribution < 1.29 is 9.84 Å². The number of ether oxygens (including phenoxy) is 1. The van der Waals surface area contributed by atoms with Crippen LogP contribution in [-0.2, 0) is 0 Å². The number of aromatic hydroxyl groups is 1. The van der Waals surface area contributed by atoms with E-state index in [4.69, 9.17) is 9.72 Å². The van der Waals surface area contributed by atoms with Crippen LogP contribution in [0, 0.1) is 6.92 Å². The summed E-state index contributed by atoms with van der Waals surface area (Å²) in [6.45, 7) is 1.88. The quantitative estimate of drug-likeness (QED) is 0.494. The molecule has 0 saturated heterocycles. The van der Waals surface area contributed by atoms with Crippen LogP contribution in [0.25, 0.3) is 16.9 Å². The van der Waals surface area contributed by atoms with Crippen molar-refractivity contribution in [1.82, 2.24) is 9.38 Å². The van der Waals surface area contributed by atoms with Crippen molar-refractivity contribution in [2.45, 2.75) is 6.92 Å². The normalized spacial score (nSPS) is 11.3. The molecule has 0 bridgehead atoms. The molecule has 0 unspecified atom stereocenters. The average molecular weight is 358 g/mol. The number of fused-ring (bicyclic) bond motifs is 1. The van der Waals surface area contributed by atoms with Crippen LogP contribution in [0.3, 0.4) is 0 Å². The molecule has 0 amide bonds. The molecule has 4 rings (SSSR count). The summed E-state index contributed by atoms with van der Waals surface area (Å²) >= 11 is 0. The van der Waals surface area contributed by atoms with Gasteiger partial charge in [-0.1, -0.05) is 18.2 Å². The number of aromatic nitrogens is 2. The molecule has 0 fully saturated rings. The minimum absolute atomic E-state index is 0.207. The predicted molar refractivity (Wildman–Crippen MR) is 104 cm³/mol. The van der Waals surface area contributed by atoms with Crippen LogP contribution in [-0.4, -0.2) is 21.6 Å². The zero-order chi connectivity index (χ0) is 18.8. The van der Waals surface area contributed by atoms with E-state index >= 15 is 0 Å². The molecule has 1 N–H and O–H groups in total. The number of methoxy groups -OCH3 is 1. The minimum Gasteiger partial charge on any atom is -0.508 e. The zero-order valence-corrected chi connectivity index (χ0v) is 15.0. The third kappa shape index (κ3) is 3.25. The SMILES string of the molecule is COc1cccc(-c2nc3ccccn3c2N=Nc2ccc(O)cc2C)c1. The molecule has 0 radical (unpaired) electrons. The van der Waals surface area contributed by atoms with E-state index < -0.39 is 0 Å². The Kier molecular flexibility index (Phi) is 4.30. The van der Waals surface area contributed by atoms with Crippen molar-refractivity contribution in [1.29, 1.82) is 0 Å². The summed E-state index contributed by atoms with van der Waals surface area (Å²) in [5.74, 6) is 1.59. The van der Waals surface area contributed by atoms with Crippen molar-refractivity contribution >= 4 is 17.2 Å². The molecule has 6 nitrogen and oxygen atoms in total. The monoisotopic (exact) mass is 358 g/mol.